The molecule has 0 heterocycles. The summed E-state index contributed by atoms with van der Waals surface area (Å²) >= 11 is 3.30. The summed E-state index contributed by atoms with van der Waals surface area (Å²) in [5.74, 6) is 0.238. The number of Topliss-reactive ketones (excluding diaryl/α,β-unsaturated/α-hetero) is 1. The van der Waals surface area contributed by atoms with E-state index in [1.54, 1.807) is 6.08 Å². The van der Waals surface area contributed by atoms with Crippen molar-refractivity contribution in [1.82, 2.24) is 0 Å². The number of allylic oxidation sites excluding steroid dienone is 3. The van der Waals surface area contributed by atoms with E-state index < -0.39 is 9.84 Å². The highest BCUT2D eigenvalue weighted by atomic mass is 79.9. The Kier molecular flexibility index (Phi) is 2.63. The first kappa shape index (κ1) is 11.1. The molecule has 0 saturated heterocycles. The van der Waals surface area contributed by atoms with Gasteiger partial charge in [0.25, 0.3) is 0 Å². The van der Waals surface area contributed by atoms with E-state index in [-0.39, 0.29) is 21.4 Å². The lowest BCUT2D eigenvalue weighted by Gasteiger charge is -2.14. The SMILES string of the molecule is CS(=O)(=O)C1=CCC2CC(Br)C(=O)C2=C1. The van der Waals surface area contributed by atoms with Crippen LogP contribution in [0.4, 0.5) is 0 Å². The normalized spacial score (nSPS) is 30.9. The molecule has 0 spiro atoms. The fourth-order valence-corrected chi connectivity index (χ4v) is 3.46. The van der Waals surface area contributed by atoms with Gasteiger partial charge in [-0.15, -0.1) is 0 Å². The average molecular weight is 291 g/mol. The molecule has 0 N–H and O–H groups in total. The monoisotopic (exact) mass is 290 g/mol. The third-order valence-corrected chi connectivity index (χ3v) is 4.76. The minimum atomic E-state index is -3.19. The van der Waals surface area contributed by atoms with E-state index in [0.29, 0.717) is 12.0 Å². The summed E-state index contributed by atoms with van der Waals surface area (Å²) in [6.45, 7) is 0. The van der Waals surface area contributed by atoms with Crippen molar-refractivity contribution in [2.24, 2.45) is 5.92 Å². The van der Waals surface area contributed by atoms with E-state index in [1.807, 2.05) is 0 Å². The zero-order valence-corrected chi connectivity index (χ0v) is 10.6. The Balaban J connectivity index is 2.40. The van der Waals surface area contributed by atoms with Gasteiger partial charge in [-0.25, -0.2) is 8.42 Å². The zero-order chi connectivity index (χ0) is 11.2. The second-order valence-electron chi connectivity index (χ2n) is 3.98. The molecular formula is C10H11BrO3S. The number of hydrogen-bond donors (Lipinski definition) is 0. The summed E-state index contributed by atoms with van der Waals surface area (Å²) < 4.78 is 22.7. The van der Waals surface area contributed by atoms with Crippen molar-refractivity contribution >= 4 is 31.6 Å². The first-order chi connectivity index (χ1) is 6.89. The minimum absolute atomic E-state index is 0.0363. The highest BCUT2D eigenvalue weighted by molar-refractivity contribution is 9.10. The molecule has 0 aromatic carbocycles. The van der Waals surface area contributed by atoms with Crippen LogP contribution in [0.2, 0.25) is 0 Å². The molecule has 2 aliphatic rings. The van der Waals surface area contributed by atoms with Crippen LogP contribution in [0.25, 0.3) is 0 Å². The lowest BCUT2D eigenvalue weighted by Crippen LogP contribution is -2.11. The number of rotatable bonds is 1. The van der Waals surface area contributed by atoms with E-state index in [0.717, 1.165) is 6.42 Å². The molecular weight excluding hydrogens is 280 g/mol. The number of carbonyl (C=O) groups excluding carboxylic acids is 1. The van der Waals surface area contributed by atoms with Gasteiger partial charge in [0, 0.05) is 11.8 Å². The highest BCUT2D eigenvalue weighted by Gasteiger charge is 2.37. The molecule has 82 valence electrons. The highest BCUT2D eigenvalue weighted by Crippen LogP contribution is 2.39. The lowest BCUT2D eigenvalue weighted by molar-refractivity contribution is -0.114. The summed E-state index contributed by atoms with van der Waals surface area (Å²) in [6.07, 6.45) is 5.84. The van der Waals surface area contributed by atoms with Crippen molar-refractivity contribution in [3.05, 3.63) is 22.6 Å². The molecule has 1 saturated carbocycles. The first-order valence-corrected chi connectivity index (χ1v) is 7.50. The Morgan fingerprint density at radius 3 is 2.73 bits per heavy atom. The van der Waals surface area contributed by atoms with Gasteiger partial charge in [0.05, 0.1) is 9.73 Å². The molecule has 0 bridgehead atoms. The van der Waals surface area contributed by atoms with E-state index >= 15 is 0 Å². The summed E-state index contributed by atoms with van der Waals surface area (Å²) in [5.41, 5.74) is 0.666. The van der Waals surface area contributed by atoms with Crippen LogP contribution >= 0.6 is 15.9 Å². The number of fused-ring (bicyclic) bond motifs is 1. The molecule has 3 nitrogen and oxygen atoms in total. The second-order valence-corrected chi connectivity index (χ2v) is 7.10. The predicted octanol–water partition coefficient (Wildman–Crippen LogP) is 1.60. The van der Waals surface area contributed by atoms with Crippen molar-refractivity contribution in [3.8, 4) is 0 Å². The standard InChI is InChI=1S/C10H11BrO3S/c1-15(13,14)7-3-2-6-4-9(11)10(12)8(6)5-7/h3,5-6,9H,2,4H2,1H3. The smallest absolute Gasteiger partial charge is 0.175 e. The minimum Gasteiger partial charge on any atom is -0.293 e. The Morgan fingerprint density at radius 1 is 1.47 bits per heavy atom. The van der Waals surface area contributed by atoms with Gasteiger partial charge in [-0.3, -0.25) is 4.79 Å². The molecule has 0 radical (unpaired) electrons. The van der Waals surface area contributed by atoms with Crippen molar-refractivity contribution in [1.29, 1.82) is 0 Å². The maximum absolute atomic E-state index is 11.7. The largest absolute Gasteiger partial charge is 0.293 e. The number of carbonyl (C=O) groups is 1. The zero-order valence-electron chi connectivity index (χ0n) is 8.23. The quantitative estimate of drug-likeness (QED) is 0.689. The number of hydrogen-bond acceptors (Lipinski definition) is 3. The van der Waals surface area contributed by atoms with Crippen molar-refractivity contribution in [2.75, 3.05) is 6.26 Å². The van der Waals surface area contributed by atoms with Gasteiger partial charge in [0.1, 0.15) is 0 Å². The Hall–Kier alpha value is -0.420. The van der Waals surface area contributed by atoms with Crippen molar-refractivity contribution in [2.45, 2.75) is 17.7 Å². The number of sulfone groups is 1. The Labute approximate surface area is 97.3 Å². The maximum atomic E-state index is 11.7. The summed E-state index contributed by atoms with van der Waals surface area (Å²) in [6, 6.07) is 0. The Morgan fingerprint density at radius 2 is 2.13 bits per heavy atom. The number of ketones is 1. The van der Waals surface area contributed by atoms with Gasteiger partial charge in [-0.2, -0.15) is 0 Å². The van der Waals surface area contributed by atoms with Crippen LogP contribution in [-0.2, 0) is 14.6 Å². The first-order valence-electron chi connectivity index (χ1n) is 4.69. The summed E-state index contributed by atoms with van der Waals surface area (Å²) in [7, 11) is -3.19. The summed E-state index contributed by atoms with van der Waals surface area (Å²) in [4.78, 5) is 11.8. The topological polar surface area (TPSA) is 51.2 Å². The molecule has 2 atom stereocenters. The number of alkyl halides is 1. The molecule has 0 aromatic rings. The van der Waals surface area contributed by atoms with Gasteiger partial charge in [-0.05, 0) is 24.8 Å². The molecule has 0 amide bonds. The lowest BCUT2D eigenvalue weighted by atomic mass is 9.94. The van der Waals surface area contributed by atoms with Gasteiger partial charge in [0.2, 0.25) is 0 Å². The molecule has 2 rings (SSSR count). The van der Waals surface area contributed by atoms with Crippen LogP contribution in [0.15, 0.2) is 22.6 Å². The third-order valence-electron chi connectivity index (χ3n) is 2.83. The van der Waals surface area contributed by atoms with E-state index in [1.165, 1.54) is 12.3 Å². The maximum Gasteiger partial charge on any atom is 0.175 e. The van der Waals surface area contributed by atoms with Crippen molar-refractivity contribution < 1.29 is 13.2 Å². The molecule has 2 unspecified atom stereocenters. The molecule has 0 aromatic heterocycles. The fraction of sp³-hybridized carbons (Fsp3) is 0.500. The van der Waals surface area contributed by atoms with Crippen molar-refractivity contribution in [3.63, 3.8) is 0 Å². The van der Waals surface area contributed by atoms with Crippen LogP contribution in [0, 0.1) is 5.92 Å². The molecule has 1 fully saturated rings. The second kappa shape index (κ2) is 3.56. The molecule has 0 aliphatic heterocycles. The molecule has 15 heavy (non-hydrogen) atoms. The molecule has 5 heteroatoms. The van der Waals surface area contributed by atoms with Gasteiger partial charge in [0.15, 0.2) is 15.6 Å². The van der Waals surface area contributed by atoms with Gasteiger partial charge >= 0.3 is 0 Å². The van der Waals surface area contributed by atoms with Crippen LogP contribution in [0.3, 0.4) is 0 Å². The van der Waals surface area contributed by atoms with E-state index in [9.17, 15) is 13.2 Å². The van der Waals surface area contributed by atoms with E-state index in [4.69, 9.17) is 0 Å². The predicted molar refractivity (Wildman–Crippen MR) is 61.5 cm³/mol. The van der Waals surface area contributed by atoms with Crippen LogP contribution < -0.4 is 0 Å². The van der Waals surface area contributed by atoms with Crippen LogP contribution in [0.5, 0.6) is 0 Å². The fourth-order valence-electron chi connectivity index (χ4n) is 2.01. The van der Waals surface area contributed by atoms with Gasteiger partial charge in [-0.1, -0.05) is 22.0 Å². The van der Waals surface area contributed by atoms with Crippen LogP contribution in [-0.4, -0.2) is 25.3 Å². The van der Waals surface area contributed by atoms with Crippen LogP contribution in [0.1, 0.15) is 12.8 Å². The van der Waals surface area contributed by atoms with E-state index in [2.05, 4.69) is 15.9 Å². The average Bonchev–Trinajstić information content (AvgIpc) is 2.41. The number of halogens is 1. The Bertz CT molecular complexity index is 473. The van der Waals surface area contributed by atoms with Gasteiger partial charge < -0.3 is 0 Å². The molecule has 2 aliphatic carbocycles. The summed E-state index contributed by atoms with van der Waals surface area (Å²) in [5, 5.41) is 0. The third kappa shape index (κ3) is 1.95.